The first kappa shape index (κ1) is 15.4. The molecule has 0 aromatic rings. The van der Waals surface area contributed by atoms with Crippen molar-refractivity contribution in [1.82, 2.24) is 0 Å². The monoisotopic (exact) mass is 265 g/mol. The molecule has 2 aliphatic carbocycles. The highest BCUT2D eigenvalue weighted by Crippen LogP contribution is 2.51. The molecule has 1 heteroatoms. The van der Waals surface area contributed by atoms with Crippen LogP contribution in [-0.2, 0) is 0 Å². The first-order chi connectivity index (χ1) is 8.73. The first-order valence-corrected chi connectivity index (χ1v) is 8.52. The van der Waals surface area contributed by atoms with Gasteiger partial charge in [-0.15, -0.1) is 0 Å². The molecule has 0 saturated heterocycles. The van der Waals surface area contributed by atoms with Gasteiger partial charge in [0.1, 0.15) is 0 Å². The van der Waals surface area contributed by atoms with Gasteiger partial charge in [-0.3, -0.25) is 0 Å². The Hall–Kier alpha value is -0.0400. The van der Waals surface area contributed by atoms with Gasteiger partial charge >= 0.3 is 0 Å². The second kappa shape index (κ2) is 5.39. The van der Waals surface area contributed by atoms with Gasteiger partial charge in [0.15, 0.2) is 0 Å². The van der Waals surface area contributed by atoms with E-state index >= 15 is 0 Å². The zero-order chi connectivity index (χ0) is 14.3. The summed E-state index contributed by atoms with van der Waals surface area (Å²) in [5, 5.41) is 0. The van der Waals surface area contributed by atoms with Gasteiger partial charge in [-0.2, -0.15) is 0 Å². The zero-order valence-corrected chi connectivity index (χ0v) is 13.8. The van der Waals surface area contributed by atoms with Crippen LogP contribution in [-0.4, -0.2) is 5.54 Å². The summed E-state index contributed by atoms with van der Waals surface area (Å²) in [7, 11) is 0. The summed E-state index contributed by atoms with van der Waals surface area (Å²) in [5.41, 5.74) is 7.56. The van der Waals surface area contributed by atoms with Gasteiger partial charge in [-0.1, -0.05) is 47.5 Å². The lowest BCUT2D eigenvalue weighted by Gasteiger charge is -2.54. The molecule has 2 aliphatic rings. The van der Waals surface area contributed by atoms with Crippen molar-refractivity contribution >= 4 is 0 Å². The highest BCUT2D eigenvalue weighted by molar-refractivity contribution is 5.04. The third-order valence-electron chi connectivity index (χ3n) is 5.99. The van der Waals surface area contributed by atoms with Crippen molar-refractivity contribution in [3.8, 4) is 0 Å². The van der Waals surface area contributed by atoms with Crippen molar-refractivity contribution in [3.63, 3.8) is 0 Å². The molecule has 0 heterocycles. The van der Waals surface area contributed by atoms with Crippen LogP contribution in [0, 0.1) is 29.1 Å². The molecule has 19 heavy (non-hydrogen) atoms. The molecule has 0 aromatic heterocycles. The van der Waals surface area contributed by atoms with E-state index in [1.54, 1.807) is 0 Å². The zero-order valence-electron chi connectivity index (χ0n) is 13.8. The van der Waals surface area contributed by atoms with Crippen molar-refractivity contribution in [2.75, 3.05) is 0 Å². The molecule has 2 rings (SSSR count). The average Bonchev–Trinajstić information content (AvgIpc) is 2.26. The predicted molar refractivity (Wildman–Crippen MR) is 84.0 cm³/mol. The molecule has 0 aliphatic heterocycles. The Kier molecular flexibility index (Phi) is 4.35. The van der Waals surface area contributed by atoms with E-state index in [0.717, 1.165) is 17.8 Å². The van der Waals surface area contributed by atoms with Crippen molar-refractivity contribution in [1.29, 1.82) is 0 Å². The molecule has 0 bridgehead atoms. The first-order valence-electron chi connectivity index (χ1n) is 8.52. The lowest BCUT2D eigenvalue weighted by Crippen LogP contribution is -2.59. The molecular formula is C18H35N. The highest BCUT2D eigenvalue weighted by Gasteiger charge is 2.49. The molecule has 112 valence electrons. The molecule has 2 N–H and O–H groups in total. The fourth-order valence-electron chi connectivity index (χ4n) is 5.34. The predicted octanol–water partition coefficient (Wildman–Crippen LogP) is 4.99. The Morgan fingerprint density at radius 3 is 2.05 bits per heavy atom. The van der Waals surface area contributed by atoms with Gasteiger partial charge in [-0.25, -0.2) is 0 Å². The van der Waals surface area contributed by atoms with Crippen molar-refractivity contribution in [2.45, 2.75) is 85.1 Å². The summed E-state index contributed by atoms with van der Waals surface area (Å²) in [6, 6.07) is 0. The summed E-state index contributed by atoms with van der Waals surface area (Å²) in [4.78, 5) is 0. The number of nitrogens with two attached hydrogens (primary N) is 1. The average molecular weight is 265 g/mol. The quantitative estimate of drug-likeness (QED) is 0.710. The Bertz CT molecular complexity index is 293. The molecule has 2 fully saturated rings. The Morgan fingerprint density at radius 2 is 1.53 bits per heavy atom. The second-order valence-corrected chi connectivity index (χ2v) is 8.89. The summed E-state index contributed by atoms with van der Waals surface area (Å²) in [5.74, 6) is 3.21. The summed E-state index contributed by atoms with van der Waals surface area (Å²) >= 11 is 0. The minimum absolute atomic E-state index is 0.111. The highest BCUT2D eigenvalue weighted by atomic mass is 14.8. The Balaban J connectivity index is 2.22. The van der Waals surface area contributed by atoms with E-state index in [2.05, 4.69) is 34.6 Å². The summed E-state index contributed by atoms with van der Waals surface area (Å²) in [6.07, 6.45) is 9.49. The SMILES string of the molecule is CC1CC(C)CC(C2(N)CCCCC2C(C)(C)C)C1. The summed E-state index contributed by atoms with van der Waals surface area (Å²) < 4.78 is 0. The Morgan fingerprint density at radius 1 is 0.947 bits per heavy atom. The van der Waals surface area contributed by atoms with E-state index in [1.165, 1.54) is 44.9 Å². The van der Waals surface area contributed by atoms with Crippen LogP contribution in [0.15, 0.2) is 0 Å². The standard InChI is InChI=1S/C18H35N/c1-13-10-14(2)12-15(11-13)18(19)9-7-6-8-16(18)17(3,4)5/h13-16H,6-12,19H2,1-5H3. The molecule has 4 unspecified atom stereocenters. The van der Waals surface area contributed by atoms with Crippen molar-refractivity contribution in [2.24, 2.45) is 34.8 Å². The Labute approximate surface area is 120 Å². The molecule has 0 aromatic carbocycles. The maximum Gasteiger partial charge on any atom is 0.0216 e. The van der Waals surface area contributed by atoms with Gasteiger partial charge in [0.2, 0.25) is 0 Å². The molecule has 0 spiro atoms. The molecular weight excluding hydrogens is 230 g/mol. The number of rotatable bonds is 1. The van der Waals surface area contributed by atoms with Crippen LogP contribution in [0.3, 0.4) is 0 Å². The van der Waals surface area contributed by atoms with Crippen molar-refractivity contribution < 1.29 is 0 Å². The van der Waals surface area contributed by atoms with Gasteiger partial charge in [0.05, 0.1) is 0 Å². The van der Waals surface area contributed by atoms with E-state index in [1.807, 2.05) is 0 Å². The normalized spacial score (nSPS) is 45.2. The lowest BCUT2D eigenvalue weighted by atomic mass is 9.54. The van der Waals surface area contributed by atoms with Crippen LogP contribution in [0.2, 0.25) is 0 Å². The second-order valence-electron chi connectivity index (χ2n) is 8.89. The van der Waals surface area contributed by atoms with Crippen LogP contribution in [0.4, 0.5) is 0 Å². The minimum atomic E-state index is 0.111. The fourth-order valence-corrected chi connectivity index (χ4v) is 5.34. The van der Waals surface area contributed by atoms with Gasteiger partial charge in [-0.05, 0) is 61.2 Å². The number of hydrogen-bond acceptors (Lipinski definition) is 1. The molecule has 2 saturated carbocycles. The minimum Gasteiger partial charge on any atom is -0.325 e. The molecule has 4 atom stereocenters. The van der Waals surface area contributed by atoms with E-state index in [0.29, 0.717) is 11.3 Å². The van der Waals surface area contributed by atoms with Gasteiger partial charge < -0.3 is 5.73 Å². The van der Waals surface area contributed by atoms with Crippen LogP contribution in [0.1, 0.15) is 79.6 Å². The van der Waals surface area contributed by atoms with E-state index < -0.39 is 0 Å². The fraction of sp³-hybridized carbons (Fsp3) is 1.00. The topological polar surface area (TPSA) is 26.0 Å². The van der Waals surface area contributed by atoms with Crippen LogP contribution in [0.25, 0.3) is 0 Å². The van der Waals surface area contributed by atoms with Crippen LogP contribution >= 0.6 is 0 Å². The molecule has 1 nitrogen and oxygen atoms in total. The van der Waals surface area contributed by atoms with Crippen LogP contribution < -0.4 is 5.73 Å². The lowest BCUT2D eigenvalue weighted by molar-refractivity contribution is 0.00518. The number of hydrogen-bond donors (Lipinski definition) is 1. The third kappa shape index (κ3) is 3.17. The van der Waals surface area contributed by atoms with E-state index in [9.17, 15) is 0 Å². The van der Waals surface area contributed by atoms with Crippen molar-refractivity contribution in [3.05, 3.63) is 0 Å². The van der Waals surface area contributed by atoms with Crippen LogP contribution in [0.5, 0.6) is 0 Å². The smallest absolute Gasteiger partial charge is 0.0216 e. The molecule has 0 radical (unpaired) electrons. The molecule has 0 amide bonds. The van der Waals surface area contributed by atoms with E-state index in [4.69, 9.17) is 5.73 Å². The third-order valence-corrected chi connectivity index (χ3v) is 5.99. The van der Waals surface area contributed by atoms with E-state index in [-0.39, 0.29) is 5.54 Å². The van der Waals surface area contributed by atoms with Gasteiger partial charge in [0, 0.05) is 5.54 Å². The maximum atomic E-state index is 7.09. The largest absolute Gasteiger partial charge is 0.325 e. The summed E-state index contributed by atoms with van der Waals surface area (Å²) in [6.45, 7) is 12.1. The maximum absolute atomic E-state index is 7.09. The van der Waals surface area contributed by atoms with Gasteiger partial charge in [0.25, 0.3) is 0 Å².